The Bertz CT molecular complexity index is 776. The van der Waals surface area contributed by atoms with Gasteiger partial charge in [-0.05, 0) is 29.8 Å². The topological polar surface area (TPSA) is 54.8 Å². The molecule has 118 valence electrons. The number of halogens is 1. The summed E-state index contributed by atoms with van der Waals surface area (Å²) >= 11 is 0. The molecule has 0 radical (unpaired) electrons. The molecule has 6 heteroatoms. The van der Waals surface area contributed by atoms with Crippen LogP contribution in [0.1, 0.15) is 7.12 Å². The van der Waals surface area contributed by atoms with Crippen LogP contribution < -0.4 is 23.0 Å². The number of para-hydroxylation sites is 1. The fourth-order valence-electron chi connectivity index (χ4n) is 2.82. The monoisotopic (exact) mass is 327 g/mol. The molecule has 1 aromatic carbocycles. The van der Waals surface area contributed by atoms with Crippen LogP contribution in [0.25, 0.3) is 11.1 Å². The molecule has 0 saturated carbocycles. The molecule has 5 nitrogen and oxygen atoms in total. The smallest absolute Gasteiger partial charge is 1.00 e. The molecule has 0 unspecified atom stereocenters. The minimum atomic E-state index is 0. The van der Waals surface area contributed by atoms with E-state index in [0.29, 0.717) is 0 Å². The predicted octanol–water partition coefficient (Wildman–Crippen LogP) is -0.0916. The second-order valence-corrected chi connectivity index (χ2v) is 5.30. The van der Waals surface area contributed by atoms with Crippen molar-refractivity contribution in [2.45, 2.75) is 13.1 Å². The number of nitrogens with one attached hydrogen (secondary N) is 2. The van der Waals surface area contributed by atoms with Crippen LogP contribution in [-0.4, -0.2) is 21.3 Å². The number of hydrogen-bond acceptors (Lipinski definition) is 4. The third-order valence-electron chi connectivity index (χ3n) is 3.86. The van der Waals surface area contributed by atoms with Crippen LogP contribution in [0, 0.1) is 0 Å². The van der Waals surface area contributed by atoms with Gasteiger partial charge in [-0.25, -0.2) is 0 Å². The van der Waals surface area contributed by atoms with E-state index in [0.717, 1.165) is 42.3 Å². The fraction of sp³-hybridized carbons (Fsp3) is 0.176. The van der Waals surface area contributed by atoms with Gasteiger partial charge in [0.1, 0.15) is 0 Å². The third-order valence-corrected chi connectivity index (χ3v) is 3.86. The van der Waals surface area contributed by atoms with Crippen molar-refractivity contribution in [3.63, 3.8) is 0 Å². The summed E-state index contributed by atoms with van der Waals surface area (Å²) in [6.45, 7) is 2.68. The van der Waals surface area contributed by atoms with Crippen molar-refractivity contribution < 1.29 is 13.8 Å². The third kappa shape index (κ3) is 3.06. The van der Waals surface area contributed by atoms with E-state index in [4.69, 9.17) is 5.10 Å². The molecule has 4 rings (SSSR count). The maximum absolute atomic E-state index is 4.77. The Balaban J connectivity index is 0.00000104. The normalized spacial score (nSPS) is 13.0. The Morgan fingerprint density at radius 1 is 1.09 bits per heavy atom. The summed E-state index contributed by atoms with van der Waals surface area (Å²) in [5, 5.41) is 11.6. The van der Waals surface area contributed by atoms with Gasteiger partial charge in [-0.2, -0.15) is 5.10 Å². The molecule has 1 aliphatic heterocycles. The largest absolute Gasteiger partial charge is 1.00 e. The molecule has 23 heavy (non-hydrogen) atoms. The second-order valence-electron chi connectivity index (χ2n) is 5.30. The zero-order valence-corrected chi connectivity index (χ0v) is 13.3. The van der Waals surface area contributed by atoms with Gasteiger partial charge in [0.2, 0.25) is 0 Å². The van der Waals surface area contributed by atoms with Gasteiger partial charge in [0.25, 0.3) is 0 Å². The minimum Gasteiger partial charge on any atom is -1.00 e. The van der Waals surface area contributed by atoms with Gasteiger partial charge in [-0.1, -0.05) is 18.2 Å². The van der Waals surface area contributed by atoms with Gasteiger partial charge >= 0.3 is 1.43 Å². The molecule has 2 N–H and O–H groups in total. The number of aromatic nitrogens is 3. The molecule has 0 fully saturated rings. The summed E-state index contributed by atoms with van der Waals surface area (Å²) in [4.78, 5) is 4.12. The van der Waals surface area contributed by atoms with Gasteiger partial charge in [0.15, 0.2) is 5.82 Å². The summed E-state index contributed by atoms with van der Waals surface area (Å²) in [6, 6.07) is 14.2. The Labute approximate surface area is 142 Å². The van der Waals surface area contributed by atoms with Crippen molar-refractivity contribution >= 4 is 11.5 Å². The lowest BCUT2D eigenvalue weighted by molar-refractivity contribution is -0.00000449. The highest BCUT2D eigenvalue weighted by Gasteiger charge is 2.21. The van der Waals surface area contributed by atoms with Crippen LogP contribution in [-0.2, 0) is 13.1 Å². The van der Waals surface area contributed by atoms with Crippen LogP contribution in [0.15, 0.2) is 54.9 Å². The quantitative estimate of drug-likeness (QED) is 0.706. The van der Waals surface area contributed by atoms with Gasteiger partial charge in [0.05, 0.1) is 12.2 Å². The van der Waals surface area contributed by atoms with Crippen molar-refractivity contribution in [3.8, 4) is 11.1 Å². The van der Waals surface area contributed by atoms with E-state index in [2.05, 4.69) is 20.3 Å². The van der Waals surface area contributed by atoms with Gasteiger partial charge in [-0.15, -0.1) is 0 Å². The van der Waals surface area contributed by atoms with Gasteiger partial charge in [0, 0.05) is 36.7 Å². The Morgan fingerprint density at radius 2 is 1.87 bits per heavy atom. The van der Waals surface area contributed by atoms with E-state index in [1.54, 1.807) is 0 Å². The van der Waals surface area contributed by atoms with Crippen LogP contribution in [0.2, 0.25) is 0 Å². The maximum atomic E-state index is 4.77. The van der Waals surface area contributed by atoms with Crippen molar-refractivity contribution in [1.82, 2.24) is 20.1 Å². The number of fused-ring (bicyclic) bond motifs is 1. The highest BCUT2D eigenvalue weighted by molar-refractivity contribution is 5.80. The molecule has 3 heterocycles. The zero-order chi connectivity index (χ0) is 14.8. The van der Waals surface area contributed by atoms with Crippen molar-refractivity contribution in [3.05, 3.63) is 60.6 Å². The van der Waals surface area contributed by atoms with Crippen LogP contribution in [0.3, 0.4) is 0 Å². The molecule has 0 aliphatic carbocycles. The standard InChI is InChI=1S/C17H17N5.ClH/c1-2-4-14(5-3-1)20-17-16(13-6-8-18-9-7-13)15-12-19-10-11-22(15)21-17;/h1-9,19H,10-12H2,(H,20,21);1H. The first-order valence-corrected chi connectivity index (χ1v) is 7.45. The van der Waals surface area contributed by atoms with Crippen molar-refractivity contribution in [1.29, 1.82) is 0 Å². The average molecular weight is 328 g/mol. The minimum absolute atomic E-state index is 0. The van der Waals surface area contributed by atoms with Crippen LogP contribution in [0.5, 0.6) is 0 Å². The summed E-state index contributed by atoms with van der Waals surface area (Å²) in [5.41, 5.74) is 4.55. The summed E-state index contributed by atoms with van der Waals surface area (Å²) in [6.07, 6.45) is 3.64. The highest BCUT2D eigenvalue weighted by atomic mass is 35.5. The number of pyridine rings is 1. The first-order chi connectivity index (χ1) is 10.9. The molecule has 2 aromatic heterocycles. The molecular formula is C17H18ClN5. The number of anilines is 2. The molecule has 0 bridgehead atoms. The van der Waals surface area contributed by atoms with E-state index in [1.165, 1.54) is 5.69 Å². The molecule has 0 amide bonds. The van der Waals surface area contributed by atoms with E-state index in [-0.39, 0.29) is 13.8 Å². The first-order valence-electron chi connectivity index (χ1n) is 7.45. The van der Waals surface area contributed by atoms with Crippen molar-refractivity contribution in [2.24, 2.45) is 0 Å². The SMILES string of the molecule is [Cl-].[H+].c1ccc(Nc2nn3c(c2-c2ccncc2)CNCC3)cc1. The van der Waals surface area contributed by atoms with Crippen LogP contribution >= 0.6 is 0 Å². The molecule has 0 atom stereocenters. The highest BCUT2D eigenvalue weighted by Crippen LogP contribution is 2.33. The van der Waals surface area contributed by atoms with Crippen LogP contribution in [0.4, 0.5) is 11.5 Å². The molecule has 3 aromatic rings. The lowest BCUT2D eigenvalue weighted by atomic mass is 10.1. The Morgan fingerprint density at radius 3 is 2.65 bits per heavy atom. The number of rotatable bonds is 3. The molecule has 1 aliphatic rings. The second kappa shape index (κ2) is 6.81. The lowest BCUT2D eigenvalue weighted by Gasteiger charge is -2.16. The Kier molecular flexibility index (Phi) is 4.60. The molecule has 0 spiro atoms. The van der Waals surface area contributed by atoms with E-state index < -0.39 is 0 Å². The zero-order valence-electron chi connectivity index (χ0n) is 13.5. The number of hydrogen-bond donors (Lipinski definition) is 2. The predicted molar refractivity (Wildman–Crippen MR) is 88.0 cm³/mol. The molecular weight excluding hydrogens is 310 g/mol. The average Bonchev–Trinajstić information content (AvgIpc) is 2.94. The number of nitrogens with zero attached hydrogens (tertiary/aromatic N) is 3. The summed E-state index contributed by atoms with van der Waals surface area (Å²) in [5.74, 6) is 0.899. The fourth-order valence-corrected chi connectivity index (χ4v) is 2.82. The molecule has 0 saturated heterocycles. The number of benzene rings is 1. The van der Waals surface area contributed by atoms with E-state index >= 15 is 0 Å². The van der Waals surface area contributed by atoms with Gasteiger partial charge in [-0.3, -0.25) is 9.67 Å². The summed E-state index contributed by atoms with van der Waals surface area (Å²) in [7, 11) is 0. The lowest BCUT2D eigenvalue weighted by Crippen LogP contribution is -3.00. The van der Waals surface area contributed by atoms with E-state index in [9.17, 15) is 0 Å². The first kappa shape index (κ1) is 15.5. The Hall–Kier alpha value is -2.37. The summed E-state index contributed by atoms with van der Waals surface area (Å²) < 4.78 is 2.09. The van der Waals surface area contributed by atoms with E-state index in [1.807, 2.05) is 54.9 Å². The van der Waals surface area contributed by atoms with Gasteiger partial charge < -0.3 is 23.0 Å². The maximum Gasteiger partial charge on any atom is 1.00 e. The van der Waals surface area contributed by atoms with Crippen molar-refractivity contribution in [2.75, 3.05) is 11.9 Å².